The van der Waals surface area contributed by atoms with E-state index in [1.807, 2.05) is 66.1 Å². The van der Waals surface area contributed by atoms with Crippen molar-refractivity contribution in [3.63, 3.8) is 0 Å². The number of hydrogen-bond donors (Lipinski definition) is 0. The van der Waals surface area contributed by atoms with E-state index in [4.69, 9.17) is 14.4 Å². The molecule has 0 radical (unpaired) electrons. The second kappa shape index (κ2) is 11.6. The first-order valence-corrected chi connectivity index (χ1v) is 17.4. The van der Waals surface area contributed by atoms with Gasteiger partial charge in [0.25, 0.3) is 0 Å². The summed E-state index contributed by atoms with van der Waals surface area (Å²) < 4.78 is 9.33. The Labute approximate surface area is 292 Å². The van der Waals surface area contributed by atoms with Crippen LogP contribution in [0.4, 0.5) is 0 Å². The standard InChI is InChI=1S/C45H27N3OS/c1-2-11-28(12-3-1)37-27-38(48-45(47-37)30-22-20-29(21-23-30)36-16-8-9-26-46-36)33-25-24-32(43-34-13-4-6-17-39(34)49-44(33)43)31-15-10-19-41-42(31)35-14-5-7-18-40(35)50-41/h1-27H. The largest absolute Gasteiger partial charge is 0.455 e. The number of hydrogen-bond acceptors (Lipinski definition) is 5. The summed E-state index contributed by atoms with van der Waals surface area (Å²) in [6.07, 6.45) is 1.81. The zero-order valence-electron chi connectivity index (χ0n) is 26.7. The van der Waals surface area contributed by atoms with E-state index in [-0.39, 0.29) is 0 Å². The van der Waals surface area contributed by atoms with Gasteiger partial charge in [-0.05, 0) is 53.6 Å². The molecule has 4 nitrogen and oxygen atoms in total. The van der Waals surface area contributed by atoms with Crippen LogP contribution in [0.2, 0.25) is 0 Å². The van der Waals surface area contributed by atoms with Crippen LogP contribution in [0, 0.1) is 0 Å². The smallest absolute Gasteiger partial charge is 0.160 e. The number of benzene rings is 6. The highest BCUT2D eigenvalue weighted by molar-refractivity contribution is 7.25. The molecule has 4 aromatic heterocycles. The number of fused-ring (bicyclic) bond motifs is 6. The van der Waals surface area contributed by atoms with Crippen molar-refractivity contribution in [3.8, 4) is 56.3 Å². The van der Waals surface area contributed by atoms with Gasteiger partial charge in [0.05, 0.1) is 17.1 Å². The van der Waals surface area contributed by atoms with Crippen LogP contribution in [0.3, 0.4) is 0 Å². The Morgan fingerprint density at radius 3 is 1.98 bits per heavy atom. The lowest BCUT2D eigenvalue weighted by molar-refractivity contribution is 0.670. The Hall–Kier alpha value is -6.43. The number of para-hydroxylation sites is 1. The molecular weight excluding hydrogens is 631 g/mol. The summed E-state index contributed by atoms with van der Waals surface area (Å²) in [5, 5.41) is 4.72. The predicted octanol–water partition coefficient (Wildman–Crippen LogP) is 12.5. The van der Waals surface area contributed by atoms with E-state index in [0.717, 1.165) is 66.8 Å². The van der Waals surface area contributed by atoms with Gasteiger partial charge in [-0.25, -0.2) is 9.97 Å². The molecule has 0 spiro atoms. The summed E-state index contributed by atoms with van der Waals surface area (Å²) >= 11 is 1.84. The van der Waals surface area contributed by atoms with E-state index in [2.05, 4.69) is 114 Å². The Morgan fingerprint density at radius 2 is 1.12 bits per heavy atom. The van der Waals surface area contributed by atoms with Crippen molar-refractivity contribution in [1.82, 2.24) is 15.0 Å². The van der Waals surface area contributed by atoms with Gasteiger partial charge in [0.1, 0.15) is 11.2 Å². The van der Waals surface area contributed by atoms with Gasteiger partial charge in [0.15, 0.2) is 5.82 Å². The van der Waals surface area contributed by atoms with E-state index in [9.17, 15) is 0 Å². The van der Waals surface area contributed by atoms with Gasteiger partial charge < -0.3 is 4.42 Å². The number of aromatic nitrogens is 3. The molecule has 0 aliphatic rings. The van der Waals surface area contributed by atoms with Crippen molar-refractivity contribution in [2.24, 2.45) is 0 Å². The van der Waals surface area contributed by atoms with Crippen LogP contribution in [0.25, 0.3) is 98.4 Å². The lowest BCUT2D eigenvalue weighted by Crippen LogP contribution is -1.96. The van der Waals surface area contributed by atoms with Gasteiger partial charge in [0, 0.05) is 59.4 Å². The summed E-state index contributed by atoms with van der Waals surface area (Å²) in [7, 11) is 0. The van der Waals surface area contributed by atoms with E-state index in [1.165, 1.54) is 25.7 Å². The molecule has 0 amide bonds. The highest BCUT2D eigenvalue weighted by atomic mass is 32.1. The number of furan rings is 1. The maximum absolute atomic E-state index is 6.77. The number of nitrogens with zero attached hydrogens (tertiary/aromatic N) is 3. The molecule has 0 unspecified atom stereocenters. The summed E-state index contributed by atoms with van der Waals surface area (Å²) in [5.74, 6) is 0.650. The number of thiophene rings is 1. The minimum atomic E-state index is 0.650. The fourth-order valence-corrected chi connectivity index (χ4v) is 8.18. The summed E-state index contributed by atoms with van der Waals surface area (Å²) in [6, 6.07) is 54.6. The molecule has 0 bridgehead atoms. The second-order valence-electron chi connectivity index (χ2n) is 12.4. The van der Waals surface area contributed by atoms with Crippen molar-refractivity contribution in [2.45, 2.75) is 0 Å². The Morgan fingerprint density at radius 1 is 0.440 bits per heavy atom. The Kier molecular flexibility index (Phi) is 6.64. The molecule has 50 heavy (non-hydrogen) atoms. The van der Waals surface area contributed by atoms with Gasteiger partial charge in [-0.2, -0.15) is 0 Å². The first-order valence-electron chi connectivity index (χ1n) is 16.6. The van der Waals surface area contributed by atoms with Crippen LogP contribution in [-0.4, -0.2) is 15.0 Å². The SMILES string of the molecule is c1ccc(-c2cc(-c3ccc(-c4cccc5sc6ccccc6c45)c4c3oc3ccccc34)nc(-c3ccc(-c4ccccn4)cc3)n2)cc1. The van der Waals surface area contributed by atoms with Gasteiger partial charge in [-0.15, -0.1) is 11.3 Å². The molecule has 234 valence electrons. The van der Waals surface area contributed by atoms with Crippen molar-refractivity contribution in [1.29, 1.82) is 0 Å². The molecule has 0 fully saturated rings. The zero-order chi connectivity index (χ0) is 33.0. The second-order valence-corrected chi connectivity index (χ2v) is 13.4. The maximum Gasteiger partial charge on any atom is 0.160 e. The average molecular weight is 658 g/mol. The van der Waals surface area contributed by atoms with E-state index >= 15 is 0 Å². The van der Waals surface area contributed by atoms with Crippen LogP contribution in [-0.2, 0) is 0 Å². The molecule has 4 heterocycles. The van der Waals surface area contributed by atoms with Crippen molar-refractivity contribution < 1.29 is 4.42 Å². The normalized spacial score (nSPS) is 11.6. The average Bonchev–Trinajstić information content (AvgIpc) is 3.77. The molecule has 6 aromatic carbocycles. The van der Waals surface area contributed by atoms with E-state index < -0.39 is 0 Å². The van der Waals surface area contributed by atoms with Gasteiger partial charge in [-0.3, -0.25) is 4.98 Å². The van der Waals surface area contributed by atoms with Crippen molar-refractivity contribution in [2.75, 3.05) is 0 Å². The maximum atomic E-state index is 6.77. The Bertz CT molecular complexity index is 2860. The third-order valence-electron chi connectivity index (χ3n) is 9.39. The van der Waals surface area contributed by atoms with E-state index in [1.54, 1.807) is 0 Å². The summed E-state index contributed by atoms with van der Waals surface area (Å²) in [5.41, 5.74) is 10.5. The molecule has 5 heteroatoms. The highest BCUT2D eigenvalue weighted by Crippen LogP contribution is 2.46. The van der Waals surface area contributed by atoms with Crippen LogP contribution in [0.15, 0.2) is 168 Å². The molecule has 0 N–H and O–H groups in total. The molecule has 10 aromatic rings. The first-order chi connectivity index (χ1) is 24.8. The fraction of sp³-hybridized carbons (Fsp3) is 0. The van der Waals surface area contributed by atoms with Crippen molar-refractivity contribution >= 4 is 53.4 Å². The molecular formula is C45H27N3OS. The fourth-order valence-electron chi connectivity index (χ4n) is 7.05. The molecule has 10 rings (SSSR count). The molecule has 0 aliphatic heterocycles. The minimum absolute atomic E-state index is 0.650. The third-order valence-corrected chi connectivity index (χ3v) is 10.5. The van der Waals surface area contributed by atoms with Crippen LogP contribution >= 0.6 is 11.3 Å². The number of pyridine rings is 1. The topological polar surface area (TPSA) is 51.8 Å². The molecule has 0 atom stereocenters. The van der Waals surface area contributed by atoms with Gasteiger partial charge >= 0.3 is 0 Å². The monoisotopic (exact) mass is 657 g/mol. The van der Waals surface area contributed by atoms with Gasteiger partial charge in [-0.1, -0.05) is 115 Å². The predicted molar refractivity (Wildman–Crippen MR) is 207 cm³/mol. The molecule has 0 saturated carbocycles. The quantitative estimate of drug-likeness (QED) is 0.185. The number of rotatable bonds is 5. The zero-order valence-corrected chi connectivity index (χ0v) is 27.6. The summed E-state index contributed by atoms with van der Waals surface area (Å²) in [4.78, 5) is 14.8. The lowest BCUT2D eigenvalue weighted by Gasteiger charge is -2.12. The molecule has 0 aliphatic carbocycles. The Balaban J connectivity index is 1.21. The third kappa shape index (κ3) is 4.71. The minimum Gasteiger partial charge on any atom is -0.455 e. The highest BCUT2D eigenvalue weighted by Gasteiger charge is 2.21. The van der Waals surface area contributed by atoms with Crippen molar-refractivity contribution in [3.05, 3.63) is 164 Å². The van der Waals surface area contributed by atoms with Gasteiger partial charge in [0.2, 0.25) is 0 Å². The van der Waals surface area contributed by atoms with Crippen LogP contribution < -0.4 is 0 Å². The first kappa shape index (κ1) is 28.6. The van der Waals surface area contributed by atoms with Crippen LogP contribution in [0.1, 0.15) is 0 Å². The molecule has 0 saturated heterocycles. The van der Waals surface area contributed by atoms with E-state index in [0.29, 0.717) is 5.82 Å². The summed E-state index contributed by atoms with van der Waals surface area (Å²) in [6.45, 7) is 0. The van der Waals surface area contributed by atoms with Crippen LogP contribution in [0.5, 0.6) is 0 Å². The lowest BCUT2D eigenvalue weighted by atomic mass is 9.93.